The second-order valence-electron chi connectivity index (χ2n) is 0.250. The molecule has 0 saturated carbocycles. The zero-order valence-electron chi connectivity index (χ0n) is 4.33. The van der Waals surface area contributed by atoms with E-state index >= 15 is 0 Å². The van der Waals surface area contributed by atoms with E-state index < -0.39 is 6.16 Å². The zero-order valence-corrected chi connectivity index (χ0v) is 18.5. The number of carbonyl (C=O) groups is 1. The van der Waals surface area contributed by atoms with Crippen molar-refractivity contribution in [1.29, 1.82) is 0 Å². The zero-order chi connectivity index (χ0) is 3.58. The number of rotatable bonds is 0. The molecule has 0 aromatic heterocycles. The van der Waals surface area contributed by atoms with Crippen LogP contribution in [0.25, 0.3) is 0 Å². The van der Waals surface area contributed by atoms with Crippen LogP contribution in [0.15, 0.2) is 0 Å². The second kappa shape index (κ2) is 22.5. The van der Waals surface area contributed by atoms with Gasteiger partial charge in [0.2, 0.25) is 0 Å². The molecule has 0 aromatic carbocycles. The second-order valence-corrected chi connectivity index (χ2v) is 0.250. The summed E-state index contributed by atoms with van der Waals surface area (Å²) < 4.78 is 0. The third-order valence-electron chi connectivity index (χ3n) is 0. The summed E-state index contributed by atoms with van der Waals surface area (Å²) in [6.07, 6.45) is -2.33. The Morgan fingerprint density at radius 1 is 1.00 bits per heavy atom. The van der Waals surface area contributed by atoms with Gasteiger partial charge in [0, 0.05) is 44.8 Å². The molecular weight excluding hydrogens is 625 g/mol. The first-order valence-electron chi connectivity index (χ1n) is 0.612. The molecule has 0 N–H and O–H groups in total. The van der Waals surface area contributed by atoms with Crippen LogP contribution in [0.2, 0.25) is 0 Å². The molecule has 0 aliphatic carbocycles. The van der Waals surface area contributed by atoms with Crippen LogP contribution in [0.5, 0.6) is 0 Å². The van der Waals surface area contributed by atoms with Crippen molar-refractivity contribution in [2.75, 3.05) is 0 Å². The van der Waals surface area contributed by atoms with Gasteiger partial charge in [0.15, 0.2) is 0 Å². The maximum Gasteiger partial charge on any atom is 1.00 e. The first kappa shape index (κ1) is 29.4. The molecule has 0 spiro atoms. The van der Waals surface area contributed by atoms with Gasteiger partial charge in [-0.3, -0.25) is 0 Å². The third kappa shape index (κ3) is 47.7. The van der Waals surface area contributed by atoms with E-state index in [1.807, 2.05) is 0 Å². The molecule has 0 fully saturated rings. The molecule has 3 nitrogen and oxygen atoms in total. The van der Waals surface area contributed by atoms with Gasteiger partial charge in [-0.2, -0.15) is 0 Å². The normalized spacial score (nSPS) is 3.00. The van der Waals surface area contributed by atoms with E-state index in [0.29, 0.717) is 0 Å². The molecule has 0 aliphatic rings. The van der Waals surface area contributed by atoms with Crippen molar-refractivity contribution >= 4 is 6.16 Å². The molecule has 0 heterocycles. The summed E-state index contributed by atoms with van der Waals surface area (Å²) in [5, 5.41) is 16.7. The van der Waals surface area contributed by atoms with Crippen molar-refractivity contribution in [2.45, 2.75) is 0 Å². The molecule has 0 rings (SSSR count). The van der Waals surface area contributed by atoms with Crippen LogP contribution >= 0.6 is 0 Å². The van der Waals surface area contributed by atoms with Crippen LogP contribution in [-0.4, -0.2) is 6.16 Å². The Morgan fingerprint density at radius 2 is 1.00 bits per heavy atom. The first-order valence-corrected chi connectivity index (χ1v) is 0.612. The van der Waals surface area contributed by atoms with E-state index in [1.54, 1.807) is 0 Å². The van der Waals surface area contributed by atoms with Gasteiger partial charge < -0.3 is 15.0 Å². The third-order valence-corrected chi connectivity index (χ3v) is 0. The minimum absolute atomic E-state index is 0. The Bertz CT molecular complexity index is 38.3. The summed E-state index contributed by atoms with van der Waals surface area (Å²) >= 11 is 0. The van der Waals surface area contributed by atoms with Gasteiger partial charge in [-0.1, -0.05) is 0 Å². The molecule has 0 atom stereocenters. The summed E-state index contributed by atoms with van der Waals surface area (Å²) in [4.78, 5) is 8.33. The summed E-state index contributed by atoms with van der Waals surface area (Å²) in [7, 11) is 0. The number of hydrogen-bond acceptors (Lipinski definition) is 3. The fourth-order valence-corrected chi connectivity index (χ4v) is 0. The van der Waals surface area contributed by atoms with Crippen molar-refractivity contribution in [1.82, 2.24) is 0 Å². The molecule has 0 amide bonds. The van der Waals surface area contributed by atoms with E-state index in [-0.39, 0.29) is 161 Å². The molecule has 0 saturated heterocycles. The van der Waals surface area contributed by atoms with Crippen LogP contribution in [0, 0.1) is 0 Å². The van der Waals surface area contributed by atoms with Crippen LogP contribution in [0.3, 0.4) is 0 Å². The van der Waals surface area contributed by atoms with E-state index in [4.69, 9.17) is 15.0 Å². The van der Waals surface area contributed by atoms with Crippen molar-refractivity contribution in [3.05, 3.63) is 0 Å². The van der Waals surface area contributed by atoms with Crippen LogP contribution in [0.1, 0.15) is 0 Å². The smallest absolute Gasteiger partial charge is 0.652 e. The molecule has 0 bridgehead atoms. The van der Waals surface area contributed by atoms with E-state index in [2.05, 4.69) is 0 Å². The maximum atomic E-state index is 8.33. The molecule has 0 unspecified atom stereocenters. The predicted octanol–water partition coefficient (Wildman–Crippen LogP) is -8.44. The van der Waals surface area contributed by atoms with Crippen molar-refractivity contribution in [3.63, 3.8) is 0 Å². The quantitative estimate of drug-likeness (QED) is 0.252. The SMILES string of the molecule is O=C([O-])[O-].[Au].[Au].[Rb+].[Rb+]. The fraction of sp³-hybridized carbons (Fsp3) is 0. The Kier molecular flexibility index (Phi) is 82.8. The minimum atomic E-state index is -2.33. The van der Waals surface area contributed by atoms with Gasteiger partial charge in [-0.25, -0.2) is 0 Å². The van der Waals surface area contributed by atoms with Crippen LogP contribution in [-0.2, 0) is 44.8 Å². The molecule has 0 aliphatic heterocycles. The van der Waals surface area contributed by atoms with Gasteiger partial charge in [0.25, 0.3) is 0 Å². The van der Waals surface area contributed by atoms with Gasteiger partial charge >= 0.3 is 116 Å². The van der Waals surface area contributed by atoms with Gasteiger partial charge in [-0.05, 0) is 6.16 Å². The van der Waals surface area contributed by atoms with Gasteiger partial charge in [0.05, 0.1) is 0 Å². The van der Waals surface area contributed by atoms with E-state index in [1.165, 1.54) is 0 Å². The summed E-state index contributed by atoms with van der Waals surface area (Å²) in [5.41, 5.74) is 0. The topological polar surface area (TPSA) is 63.2 Å². The minimum Gasteiger partial charge on any atom is -0.652 e. The largest absolute Gasteiger partial charge is 1.00 e. The maximum absolute atomic E-state index is 8.33. The fourth-order valence-electron chi connectivity index (χ4n) is 0. The van der Waals surface area contributed by atoms with E-state index in [9.17, 15) is 0 Å². The van der Waals surface area contributed by atoms with Crippen LogP contribution in [0.4, 0.5) is 4.79 Å². The monoisotopic (exact) mass is 624 g/mol. The first-order chi connectivity index (χ1) is 1.73. The molecule has 7 heteroatoms. The summed E-state index contributed by atoms with van der Waals surface area (Å²) in [5.74, 6) is 0. The summed E-state index contributed by atoms with van der Waals surface area (Å²) in [6, 6.07) is 0. The Morgan fingerprint density at radius 3 is 1.00 bits per heavy atom. The number of hydrogen-bond donors (Lipinski definition) is 0. The van der Waals surface area contributed by atoms with Gasteiger partial charge in [-0.15, -0.1) is 0 Å². The predicted molar refractivity (Wildman–Crippen MR) is 5.40 cm³/mol. The molecule has 2 radical (unpaired) electrons. The molecular formula is CAu2O3Rb2. The number of carboxylic acid groups (broad SMARTS) is 2. The Labute approximate surface area is 176 Å². The average Bonchev–Trinajstić information content (AvgIpc) is 0.811. The molecule has 46 valence electrons. The van der Waals surface area contributed by atoms with Crippen molar-refractivity contribution in [2.24, 2.45) is 0 Å². The van der Waals surface area contributed by atoms with Crippen LogP contribution < -0.4 is 127 Å². The Hall–Kier alpha value is 4.36. The average molecular weight is 625 g/mol. The molecule has 8 heavy (non-hydrogen) atoms. The standard InChI is InChI=1S/CH2O3.2Au.2Rb/c2-1(3)4;;;;/h(H2,2,3,4);;;;/q;;;2*+1/p-2. The van der Waals surface area contributed by atoms with Gasteiger partial charge in [0.1, 0.15) is 0 Å². The van der Waals surface area contributed by atoms with Crippen molar-refractivity contribution in [3.8, 4) is 0 Å². The number of carbonyl (C=O) groups excluding carboxylic acids is 1. The summed E-state index contributed by atoms with van der Waals surface area (Å²) in [6.45, 7) is 0. The van der Waals surface area contributed by atoms with Crippen molar-refractivity contribution < 1.29 is 176 Å². The molecule has 0 aromatic rings. The van der Waals surface area contributed by atoms with E-state index in [0.717, 1.165) is 0 Å². The Balaban J connectivity index is -0.00000000750.